The molecule has 0 saturated heterocycles. The van der Waals surface area contributed by atoms with E-state index in [-0.39, 0.29) is 0 Å². The van der Waals surface area contributed by atoms with Crippen molar-refractivity contribution in [1.82, 2.24) is 0 Å². The van der Waals surface area contributed by atoms with Gasteiger partial charge in [0.25, 0.3) is 0 Å². The van der Waals surface area contributed by atoms with Gasteiger partial charge in [0.2, 0.25) is 0 Å². The number of hydrogen-bond donors (Lipinski definition) is 0. The molecule has 0 aliphatic rings. The van der Waals surface area contributed by atoms with Gasteiger partial charge in [0.15, 0.2) is 0 Å². The van der Waals surface area contributed by atoms with Crippen molar-refractivity contribution in [3.63, 3.8) is 0 Å². The van der Waals surface area contributed by atoms with Gasteiger partial charge in [-0.3, -0.25) is 0 Å². The minimum Gasteiger partial charge on any atom is -0.311 e. The fraction of sp³-hybridized carbons (Fsp3) is 0. The molecule has 1 nitrogen and oxygen atoms in total. The highest BCUT2D eigenvalue weighted by Crippen LogP contribution is 2.43. The summed E-state index contributed by atoms with van der Waals surface area (Å²) >= 11 is 0. The fourth-order valence-electron chi connectivity index (χ4n) is 10.1. The number of hydrogen-bond acceptors (Lipinski definition) is 1. The van der Waals surface area contributed by atoms with Gasteiger partial charge in [0, 0.05) is 17.1 Å². The topological polar surface area (TPSA) is 3.24 Å². The lowest BCUT2D eigenvalue weighted by Crippen LogP contribution is -2.09. The van der Waals surface area contributed by atoms with Crippen molar-refractivity contribution < 1.29 is 0 Å². The van der Waals surface area contributed by atoms with Gasteiger partial charge in [-0.1, -0.05) is 237 Å². The molecule has 334 valence electrons. The zero-order valence-electron chi connectivity index (χ0n) is 39.2. The summed E-state index contributed by atoms with van der Waals surface area (Å²) < 4.78 is 0. The first-order valence-electron chi connectivity index (χ1n) is 24.4. The van der Waals surface area contributed by atoms with Gasteiger partial charge in [0.1, 0.15) is 0 Å². The Bertz CT molecular complexity index is 3680. The molecule has 12 aromatic carbocycles. The van der Waals surface area contributed by atoms with E-state index in [0.717, 1.165) is 28.2 Å². The molecule has 0 amide bonds. The third-order valence-corrected chi connectivity index (χ3v) is 13.7. The van der Waals surface area contributed by atoms with Crippen molar-refractivity contribution in [2.24, 2.45) is 0 Å². The Morgan fingerprint density at radius 3 is 1.00 bits per heavy atom. The van der Waals surface area contributed by atoms with E-state index in [4.69, 9.17) is 0 Å². The molecule has 0 aromatic heterocycles. The molecule has 0 N–H and O–H groups in total. The first kappa shape index (κ1) is 43.0. The minimum absolute atomic E-state index is 1.07. The molecule has 0 aliphatic carbocycles. The number of anilines is 3. The highest BCUT2D eigenvalue weighted by Gasteiger charge is 2.18. The first-order valence-corrected chi connectivity index (χ1v) is 24.4. The number of nitrogens with zero attached hydrogens (tertiary/aromatic N) is 1. The van der Waals surface area contributed by atoms with Crippen molar-refractivity contribution in [2.45, 2.75) is 0 Å². The molecule has 12 aromatic rings. The first-order chi connectivity index (χ1) is 35.2. The Kier molecular flexibility index (Phi) is 11.7. The zero-order valence-corrected chi connectivity index (χ0v) is 39.2. The van der Waals surface area contributed by atoms with Gasteiger partial charge >= 0.3 is 0 Å². The Labute approximate surface area is 416 Å². The smallest absolute Gasteiger partial charge is 0.0462 e. The van der Waals surface area contributed by atoms with E-state index in [2.05, 4.69) is 302 Å². The summed E-state index contributed by atoms with van der Waals surface area (Å²) in [5.41, 5.74) is 22.4. The van der Waals surface area contributed by atoms with E-state index in [1.165, 1.54) is 88.7 Å². The Morgan fingerprint density at radius 1 is 0.183 bits per heavy atom. The van der Waals surface area contributed by atoms with Gasteiger partial charge in [-0.15, -0.1) is 0 Å². The molecule has 0 saturated carbocycles. The average Bonchev–Trinajstić information content (AvgIpc) is 3.46. The van der Waals surface area contributed by atoms with E-state index in [1.54, 1.807) is 0 Å². The van der Waals surface area contributed by atoms with E-state index in [1.807, 2.05) is 0 Å². The van der Waals surface area contributed by atoms with Crippen LogP contribution in [-0.2, 0) is 0 Å². The molecule has 1 heteroatoms. The highest BCUT2D eigenvalue weighted by atomic mass is 15.1. The van der Waals surface area contributed by atoms with Crippen LogP contribution >= 0.6 is 0 Å². The highest BCUT2D eigenvalue weighted by molar-refractivity contribution is 6.04. The maximum Gasteiger partial charge on any atom is 0.0462 e. The van der Waals surface area contributed by atoms with Crippen LogP contribution in [0.4, 0.5) is 17.1 Å². The van der Waals surface area contributed by atoms with Gasteiger partial charge < -0.3 is 4.90 Å². The van der Waals surface area contributed by atoms with Crippen molar-refractivity contribution in [1.29, 1.82) is 0 Å². The summed E-state index contributed by atoms with van der Waals surface area (Å²) in [6.07, 6.45) is 0. The number of rotatable bonds is 11. The van der Waals surface area contributed by atoms with Crippen LogP contribution in [-0.4, -0.2) is 0 Å². The molecule has 0 radical (unpaired) electrons. The van der Waals surface area contributed by atoms with Crippen molar-refractivity contribution >= 4 is 27.8 Å². The molecule has 12 rings (SSSR count). The molecule has 0 unspecified atom stereocenters. The Balaban J connectivity index is 0.956. The third-order valence-electron chi connectivity index (χ3n) is 13.7. The van der Waals surface area contributed by atoms with Gasteiger partial charge in [-0.2, -0.15) is 0 Å². The maximum atomic E-state index is 2.38. The quantitative estimate of drug-likeness (QED) is 0.125. The third kappa shape index (κ3) is 8.85. The summed E-state index contributed by atoms with van der Waals surface area (Å²) in [5, 5.41) is 2.47. The Hall–Kier alpha value is -9.30. The summed E-state index contributed by atoms with van der Waals surface area (Å²) in [5.74, 6) is 0. The molecule has 0 bridgehead atoms. The standard InChI is InChI=1S/C70H49N/c1-6-18-50(19-7-1)60-46-61(51-20-8-2-9-21-51)48-62(47-60)53-32-40-64(41-33-53)71(65-42-34-58(35-43-65)70-67-29-17-16-28-57(67)36-45-68(70)55-24-12-4-13-25-55)63-38-30-52(31-39-63)59-37-44-66(54-22-10-3-11-23-54)69(49-59)56-26-14-5-15-27-56/h1-49H. The number of fused-ring (bicyclic) bond motifs is 1. The Morgan fingerprint density at radius 2 is 0.521 bits per heavy atom. The molecule has 0 aliphatic heterocycles. The normalized spacial score (nSPS) is 11.1. The second kappa shape index (κ2) is 19.4. The molecular formula is C70H49N. The van der Waals surface area contributed by atoms with Gasteiger partial charge in [0.05, 0.1) is 0 Å². The van der Waals surface area contributed by atoms with Crippen molar-refractivity contribution in [3.05, 3.63) is 297 Å². The lowest BCUT2D eigenvalue weighted by Gasteiger charge is -2.26. The zero-order chi connectivity index (χ0) is 47.3. The average molecular weight is 904 g/mol. The van der Waals surface area contributed by atoms with Gasteiger partial charge in [-0.25, -0.2) is 0 Å². The van der Waals surface area contributed by atoms with Crippen LogP contribution in [0.1, 0.15) is 0 Å². The largest absolute Gasteiger partial charge is 0.311 e. The number of benzene rings is 12. The van der Waals surface area contributed by atoms with Crippen molar-refractivity contribution in [2.75, 3.05) is 4.90 Å². The van der Waals surface area contributed by atoms with Crippen LogP contribution < -0.4 is 4.90 Å². The van der Waals surface area contributed by atoms with E-state index in [9.17, 15) is 0 Å². The van der Waals surface area contributed by atoms with Crippen LogP contribution in [0.5, 0.6) is 0 Å². The van der Waals surface area contributed by atoms with Crippen molar-refractivity contribution in [3.8, 4) is 89.0 Å². The lowest BCUT2D eigenvalue weighted by molar-refractivity contribution is 1.28. The maximum absolute atomic E-state index is 2.38. The van der Waals surface area contributed by atoms with Crippen LogP contribution in [0.15, 0.2) is 297 Å². The molecule has 71 heavy (non-hydrogen) atoms. The molecular weight excluding hydrogens is 855 g/mol. The summed E-state index contributed by atoms with van der Waals surface area (Å²) in [4.78, 5) is 2.38. The van der Waals surface area contributed by atoms with E-state index >= 15 is 0 Å². The van der Waals surface area contributed by atoms with E-state index < -0.39 is 0 Å². The van der Waals surface area contributed by atoms with E-state index in [0.29, 0.717) is 0 Å². The van der Waals surface area contributed by atoms with Crippen LogP contribution in [0.3, 0.4) is 0 Å². The predicted molar refractivity (Wildman–Crippen MR) is 302 cm³/mol. The predicted octanol–water partition coefficient (Wildman–Crippen LogP) is 19.6. The second-order valence-corrected chi connectivity index (χ2v) is 18.1. The lowest BCUT2D eigenvalue weighted by atomic mass is 9.89. The monoisotopic (exact) mass is 903 g/mol. The van der Waals surface area contributed by atoms with Crippen LogP contribution in [0, 0.1) is 0 Å². The second-order valence-electron chi connectivity index (χ2n) is 18.1. The molecule has 0 heterocycles. The molecule has 0 spiro atoms. The van der Waals surface area contributed by atoms with Crippen LogP contribution in [0.25, 0.3) is 99.8 Å². The summed E-state index contributed by atoms with van der Waals surface area (Å²) in [6.45, 7) is 0. The minimum atomic E-state index is 1.07. The molecule has 0 atom stereocenters. The fourth-order valence-corrected chi connectivity index (χ4v) is 10.1. The van der Waals surface area contributed by atoms with Gasteiger partial charge in [-0.05, 0) is 160 Å². The SMILES string of the molecule is c1ccc(-c2cc(-c3ccccc3)cc(-c3ccc(N(c4ccc(-c5ccc(-c6ccccc6)c(-c6ccccc6)c5)cc4)c4ccc(-c5c(-c6ccccc6)ccc6ccccc56)cc4)cc3)c2)cc1. The summed E-state index contributed by atoms with van der Waals surface area (Å²) in [7, 11) is 0. The molecule has 0 fully saturated rings. The van der Waals surface area contributed by atoms with Crippen LogP contribution in [0.2, 0.25) is 0 Å². The summed E-state index contributed by atoms with van der Waals surface area (Å²) in [6, 6.07) is 108.